The average molecular weight is 544 g/mol. The highest BCUT2D eigenvalue weighted by Gasteiger charge is 2.20. The van der Waals surface area contributed by atoms with Crippen molar-refractivity contribution < 1.29 is 26.3 Å². The lowest BCUT2D eigenvalue weighted by molar-refractivity contribution is 0.190. The van der Waals surface area contributed by atoms with E-state index in [0.29, 0.717) is 55.5 Å². The third-order valence-electron chi connectivity index (χ3n) is 6.21. The summed E-state index contributed by atoms with van der Waals surface area (Å²) in [7, 11) is -2.86. The topological polar surface area (TPSA) is 134 Å². The molecule has 14 heteroatoms. The Balaban J connectivity index is 1.28. The Labute approximate surface area is 218 Å². The summed E-state index contributed by atoms with van der Waals surface area (Å²) in [6.45, 7) is 3.13. The van der Waals surface area contributed by atoms with E-state index < -0.39 is 16.2 Å². The molecule has 38 heavy (non-hydrogen) atoms. The summed E-state index contributed by atoms with van der Waals surface area (Å²) in [5.41, 5.74) is 2.88. The fourth-order valence-electron chi connectivity index (χ4n) is 4.32. The van der Waals surface area contributed by atoms with Crippen molar-refractivity contribution in [3.05, 3.63) is 60.8 Å². The van der Waals surface area contributed by atoms with Gasteiger partial charge in [-0.3, -0.25) is 13.9 Å². The Hall–Kier alpha value is -3.85. The third kappa shape index (κ3) is 5.83. The fraction of sp³-hybridized carbons (Fsp3) is 0.292. The van der Waals surface area contributed by atoms with Crippen LogP contribution in [0.25, 0.3) is 17.0 Å². The van der Waals surface area contributed by atoms with Crippen LogP contribution in [-0.2, 0) is 14.6 Å². The molecule has 0 spiro atoms. The molecule has 0 radical (unpaired) electrons. The van der Waals surface area contributed by atoms with Crippen LogP contribution >= 0.6 is 0 Å². The lowest BCUT2D eigenvalue weighted by atomic mass is 10.2. The van der Waals surface area contributed by atoms with Crippen molar-refractivity contribution in [2.75, 3.05) is 56.7 Å². The quantitative estimate of drug-likeness (QED) is 0.302. The predicted octanol–water partition coefficient (Wildman–Crippen LogP) is 2.62. The van der Waals surface area contributed by atoms with Crippen LogP contribution in [0.5, 0.6) is 5.75 Å². The van der Waals surface area contributed by atoms with E-state index >= 15 is 0 Å². The Kier molecular flexibility index (Phi) is 7.37. The van der Waals surface area contributed by atoms with Gasteiger partial charge in [0, 0.05) is 50.7 Å². The number of imidazole rings is 1. The zero-order chi connectivity index (χ0) is 26.7. The van der Waals surface area contributed by atoms with Crippen LogP contribution < -0.4 is 15.0 Å². The minimum atomic E-state index is -4.43. The Morgan fingerprint density at radius 2 is 1.92 bits per heavy atom. The van der Waals surface area contributed by atoms with Crippen molar-refractivity contribution >= 4 is 33.4 Å². The number of hydrogen-bond acceptors (Lipinski definition) is 10. The number of hydrogen-bond donors (Lipinski definition) is 2. The fourth-order valence-corrected chi connectivity index (χ4v) is 4.60. The molecule has 1 aliphatic heterocycles. The van der Waals surface area contributed by atoms with E-state index in [9.17, 15) is 12.8 Å². The third-order valence-corrected chi connectivity index (χ3v) is 6.68. The normalized spacial score (nSPS) is 14.7. The van der Waals surface area contributed by atoms with Gasteiger partial charge in [-0.25, -0.2) is 23.5 Å². The van der Waals surface area contributed by atoms with Gasteiger partial charge < -0.3 is 15.0 Å². The van der Waals surface area contributed by atoms with Crippen LogP contribution in [0.15, 0.2) is 55.0 Å². The summed E-state index contributed by atoms with van der Waals surface area (Å²) in [6, 6.07) is 11.2. The van der Waals surface area contributed by atoms with Gasteiger partial charge >= 0.3 is 10.4 Å². The lowest BCUT2D eigenvalue weighted by Gasteiger charge is -2.36. The highest BCUT2D eigenvalue weighted by molar-refractivity contribution is 7.80. The van der Waals surface area contributed by atoms with E-state index in [0.717, 1.165) is 11.9 Å². The van der Waals surface area contributed by atoms with E-state index in [1.165, 1.54) is 0 Å². The number of aromatic nitrogens is 4. The van der Waals surface area contributed by atoms with Crippen molar-refractivity contribution in [2.45, 2.75) is 0 Å². The predicted molar refractivity (Wildman–Crippen MR) is 139 cm³/mol. The zero-order valence-corrected chi connectivity index (χ0v) is 21.3. The molecule has 1 aliphatic rings. The number of rotatable bonds is 9. The maximum Gasteiger partial charge on any atom is 0.397 e. The van der Waals surface area contributed by atoms with E-state index in [-0.39, 0.29) is 18.2 Å². The lowest BCUT2D eigenvalue weighted by Crippen LogP contribution is -2.47. The minimum absolute atomic E-state index is 0.0998. The molecule has 0 aliphatic carbocycles. The standard InChI is InChI=1S/C24H26FN7O5S/c1-36-21-14-17(31-10-8-30(9-11-31)12-13-37-38(33,34)35)5-6-19(21)28-24-27-15-18(25)23(29-24)20-16-26-22-4-2-3-7-32(20)22/h2-7,14-16H,8-13H2,1H3,(H,27,28,29)(H,33,34,35). The largest absolute Gasteiger partial charge is 0.494 e. The van der Waals surface area contributed by atoms with E-state index in [1.807, 2.05) is 36.4 Å². The number of fused-ring (bicyclic) bond motifs is 1. The molecule has 4 aromatic rings. The molecule has 0 saturated carbocycles. The van der Waals surface area contributed by atoms with Crippen LogP contribution in [0.3, 0.4) is 0 Å². The van der Waals surface area contributed by atoms with Gasteiger partial charge in [-0.05, 0) is 24.3 Å². The molecule has 4 heterocycles. The van der Waals surface area contributed by atoms with Crippen LogP contribution in [0.1, 0.15) is 0 Å². The van der Waals surface area contributed by atoms with Crippen molar-refractivity contribution in [3.63, 3.8) is 0 Å². The molecule has 0 unspecified atom stereocenters. The van der Waals surface area contributed by atoms with E-state index in [2.05, 4.69) is 34.3 Å². The first-order valence-corrected chi connectivity index (χ1v) is 13.2. The molecular weight excluding hydrogens is 517 g/mol. The van der Waals surface area contributed by atoms with E-state index in [1.54, 1.807) is 23.9 Å². The molecule has 1 saturated heterocycles. The smallest absolute Gasteiger partial charge is 0.397 e. The highest BCUT2D eigenvalue weighted by Crippen LogP contribution is 2.32. The number of halogens is 1. The van der Waals surface area contributed by atoms with Gasteiger partial charge in [0.25, 0.3) is 0 Å². The molecule has 3 aromatic heterocycles. The Morgan fingerprint density at radius 1 is 1.11 bits per heavy atom. The number of benzene rings is 1. The second kappa shape index (κ2) is 10.9. The summed E-state index contributed by atoms with van der Waals surface area (Å²) >= 11 is 0. The first kappa shape index (κ1) is 25.8. The molecule has 0 amide bonds. The first-order chi connectivity index (χ1) is 18.3. The second-order valence-corrected chi connectivity index (χ2v) is 9.64. The van der Waals surface area contributed by atoms with E-state index in [4.69, 9.17) is 9.29 Å². The van der Waals surface area contributed by atoms with Crippen molar-refractivity contribution in [1.82, 2.24) is 24.3 Å². The molecule has 0 atom stereocenters. The number of pyridine rings is 1. The molecule has 200 valence electrons. The summed E-state index contributed by atoms with van der Waals surface area (Å²) < 4.78 is 56.5. The zero-order valence-electron chi connectivity index (χ0n) is 20.5. The van der Waals surface area contributed by atoms with Crippen molar-refractivity contribution in [3.8, 4) is 17.1 Å². The van der Waals surface area contributed by atoms with Gasteiger partial charge in [-0.2, -0.15) is 8.42 Å². The van der Waals surface area contributed by atoms with Crippen LogP contribution in [0.4, 0.5) is 21.7 Å². The van der Waals surface area contributed by atoms with Gasteiger partial charge in [0.15, 0.2) is 5.82 Å². The van der Waals surface area contributed by atoms with Crippen LogP contribution in [0, 0.1) is 5.82 Å². The molecular formula is C24H26FN7O5S. The average Bonchev–Trinajstić information content (AvgIpc) is 3.34. The molecule has 5 rings (SSSR count). The molecule has 1 fully saturated rings. The maximum atomic E-state index is 14.7. The Bertz CT molecular complexity index is 1540. The maximum absolute atomic E-state index is 14.7. The van der Waals surface area contributed by atoms with Gasteiger partial charge in [-0.1, -0.05) is 6.07 Å². The van der Waals surface area contributed by atoms with Crippen molar-refractivity contribution in [1.29, 1.82) is 0 Å². The first-order valence-electron chi connectivity index (χ1n) is 11.8. The number of methoxy groups -OCH3 is 1. The number of anilines is 3. The summed E-state index contributed by atoms with van der Waals surface area (Å²) in [5, 5.41) is 3.12. The summed E-state index contributed by atoms with van der Waals surface area (Å²) in [5.74, 6) is 0.210. The SMILES string of the molecule is COc1cc(N2CCN(CCOS(=O)(=O)O)CC2)ccc1Nc1ncc(F)c(-c2cnc3ccccn23)n1. The Morgan fingerprint density at radius 3 is 2.68 bits per heavy atom. The molecule has 2 N–H and O–H groups in total. The van der Waals surface area contributed by atoms with Crippen LogP contribution in [-0.4, -0.2) is 83.7 Å². The number of ether oxygens (including phenoxy) is 1. The number of nitrogens with one attached hydrogen (secondary N) is 1. The summed E-state index contributed by atoms with van der Waals surface area (Å²) in [4.78, 5) is 17.1. The van der Waals surface area contributed by atoms with Gasteiger partial charge in [0.1, 0.15) is 17.1 Å². The summed E-state index contributed by atoms with van der Waals surface area (Å²) in [6.07, 6.45) is 4.48. The number of piperazine rings is 1. The van der Waals surface area contributed by atoms with Gasteiger partial charge in [0.05, 0.1) is 37.5 Å². The van der Waals surface area contributed by atoms with Crippen molar-refractivity contribution in [2.24, 2.45) is 0 Å². The van der Waals surface area contributed by atoms with Gasteiger partial charge in [0.2, 0.25) is 5.95 Å². The monoisotopic (exact) mass is 543 g/mol. The molecule has 1 aromatic carbocycles. The van der Waals surface area contributed by atoms with Crippen LogP contribution in [0.2, 0.25) is 0 Å². The van der Waals surface area contributed by atoms with Gasteiger partial charge in [-0.15, -0.1) is 0 Å². The minimum Gasteiger partial charge on any atom is -0.494 e. The molecule has 0 bridgehead atoms. The highest BCUT2D eigenvalue weighted by atomic mass is 32.3. The molecule has 12 nitrogen and oxygen atoms in total. The second-order valence-electron chi connectivity index (χ2n) is 8.55. The number of nitrogens with zero attached hydrogens (tertiary/aromatic N) is 6.